The molecule has 0 amide bonds. The molecule has 1 N–H and O–H groups in total. The molecule has 0 atom stereocenters. The van der Waals surface area contributed by atoms with Crippen LogP contribution in [0.1, 0.15) is 42.7 Å². The molecule has 2 aromatic heterocycles. The van der Waals surface area contributed by atoms with Gasteiger partial charge < -0.3 is 14.6 Å². The summed E-state index contributed by atoms with van der Waals surface area (Å²) < 4.78 is 11.1. The summed E-state index contributed by atoms with van der Waals surface area (Å²) in [6.45, 7) is 4.75. The third-order valence-electron chi connectivity index (χ3n) is 4.43. The molecule has 1 fully saturated rings. The molecule has 0 saturated heterocycles. The number of halogens is 1. The van der Waals surface area contributed by atoms with Crippen LogP contribution in [-0.2, 0) is 6.54 Å². The highest BCUT2D eigenvalue weighted by Gasteiger charge is 2.23. The second-order valence-electron chi connectivity index (χ2n) is 6.07. The van der Waals surface area contributed by atoms with Crippen molar-refractivity contribution in [3.63, 3.8) is 0 Å². The van der Waals surface area contributed by atoms with E-state index in [9.17, 15) is 0 Å². The predicted octanol–water partition coefficient (Wildman–Crippen LogP) is 3.82. The lowest BCUT2D eigenvalue weighted by atomic mass is 9.92. The lowest BCUT2D eigenvalue weighted by Gasteiger charge is -2.29. The Bertz CT molecular complexity index is 632. The smallest absolute Gasteiger partial charge is 0.232 e. The van der Waals surface area contributed by atoms with Gasteiger partial charge in [-0.1, -0.05) is 16.8 Å². The number of nitrogens with zero attached hydrogens (tertiary/aromatic N) is 2. The van der Waals surface area contributed by atoms with E-state index in [-0.39, 0.29) is 6.10 Å². The zero-order valence-electron chi connectivity index (χ0n) is 13.5. The summed E-state index contributed by atoms with van der Waals surface area (Å²) in [6, 6.07) is 4.12. The molecule has 2 aromatic rings. The lowest BCUT2D eigenvalue weighted by Crippen LogP contribution is -2.36. The maximum Gasteiger partial charge on any atom is 0.232 e. The largest absolute Gasteiger partial charge is 0.473 e. The van der Waals surface area contributed by atoms with E-state index in [0.717, 1.165) is 43.7 Å². The van der Waals surface area contributed by atoms with Gasteiger partial charge in [0.25, 0.3) is 0 Å². The Morgan fingerprint density at radius 1 is 1.30 bits per heavy atom. The molecule has 3 rings (SSSR count). The number of hydrogen-bond acceptors (Lipinski definition) is 5. The maximum absolute atomic E-state index is 6.09. The van der Waals surface area contributed by atoms with Crippen molar-refractivity contribution in [3.05, 3.63) is 40.4 Å². The molecule has 0 radical (unpaired) electrons. The average molecular weight is 336 g/mol. The number of hydrogen-bond donors (Lipinski definition) is 1. The summed E-state index contributed by atoms with van der Waals surface area (Å²) in [6.07, 6.45) is 6.08. The van der Waals surface area contributed by atoms with Crippen molar-refractivity contribution in [1.82, 2.24) is 15.5 Å². The fraction of sp³-hybridized carbons (Fsp3) is 0.529. The van der Waals surface area contributed by atoms with Crippen LogP contribution >= 0.6 is 11.6 Å². The number of nitrogens with one attached hydrogen (secondary N) is 1. The van der Waals surface area contributed by atoms with Crippen LogP contribution in [0.3, 0.4) is 0 Å². The van der Waals surface area contributed by atoms with E-state index >= 15 is 0 Å². The summed E-state index contributed by atoms with van der Waals surface area (Å²) in [5.74, 6) is 1.44. The number of aromatic nitrogens is 2. The van der Waals surface area contributed by atoms with E-state index in [4.69, 9.17) is 20.9 Å². The Morgan fingerprint density at radius 2 is 2.09 bits per heavy atom. The van der Waals surface area contributed by atoms with Crippen LogP contribution in [0.25, 0.3) is 0 Å². The molecule has 0 spiro atoms. The van der Waals surface area contributed by atoms with E-state index in [1.54, 1.807) is 12.3 Å². The molecular formula is C17H22ClN3O2. The van der Waals surface area contributed by atoms with Crippen molar-refractivity contribution in [1.29, 1.82) is 0 Å². The Kier molecular flexibility index (Phi) is 5.18. The van der Waals surface area contributed by atoms with Crippen LogP contribution in [0.15, 0.2) is 22.9 Å². The van der Waals surface area contributed by atoms with Crippen molar-refractivity contribution in [2.45, 2.75) is 58.2 Å². The number of pyridine rings is 1. The molecule has 6 heteroatoms. The highest BCUT2D eigenvalue weighted by atomic mass is 35.5. The zero-order chi connectivity index (χ0) is 16.2. The molecule has 0 aromatic carbocycles. The second kappa shape index (κ2) is 7.32. The van der Waals surface area contributed by atoms with Crippen molar-refractivity contribution >= 4 is 11.6 Å². The number of ether oxygens (including phenoxy) is 1. The predicted molar refractivity (Wildman–Crippen MR) is 88.7 cm³/mol. The second-order valence-corrected chi connectivity index (χ2v) is 6.47. The minimum atomic E-state index is 0.194. The van der Waals surface area contributed by atoms with Gasteiger partial charge in [0.2, 0.25) is 5.88 Å². The standard InChI is InChI=1S/C17H22ClN3O2/c1-11-15(12(2)23-21-11)10-20-13-5-7-14(8-6-13)22-17-16(18)4-3-9-19-17/h3-4,9,13-14,20H,5-8,10H2,1-2H3. The van der Waals surface area contributed by atoms with Gasteiger partial charge in [-0.15, -0.1) is 0 Å². The van der Waals surface area contributed by atoms with Crippen molar-refractivity contribution in [2.75, 3.05) is 0 Å². The minimum absolute atomic E-state index is 0.194. The fourth-order valence-electron chi connectivity index (χ4n) is 3.00. The number of aryl methyl sites for hydroxylation is 2. The van der Waals surface area contributed by atoms with Crippen LogP contribution in [0.4, 0.5) is 0 Å². The summed E-state index contributed by atoms with van der Waals surface area (Å²) in [4.78, 5) is 4.19. The van der Waals surface area contributed by atoms with Gasteiger partial charge in [0, 0.05) is 24.3 Å². The van der Waals surface area contributed by atoms with E-state index in [1.165, 1.54) is 5.56 Å². The molecule has 0 bridgehead atoms. The van der Waals surface area contributed by atoms with E-state index in [1.807, 2.05) is 19.9 Å². The molecule has 1 aliphatic rings. The molecular weight excluding hydrogens is 314 g/mol. The first-order valence-electron chi connectivity index (χ1n) is 8.06. The van der Waals surface area contributed by atoms with Crippen molar-refractivity contribution in [2.24, 2.45) is 0 Å². The van der Waals surface area contributed by atoms with Crippen LogP contribution in [0, 0.1) is 13.8 Å². The van der Waals surface area contributed by atoms with Crippen molar-refractivity contribution in [3.8, 4) is 5.88 Å². The van der Waals surface area contributed by atoms with Gasteiger partial charge in [0.1, 0.15) is 16.9 Å². The van der Waals surface area contributed by atoms with Crippen LogP contribution in [-0.4, -0.2) is 22.3 Å². The number of rotatable bonds is 5. The monoisotopic (exact) mass is 335 g/mol. The molecule has 2 heterocycles. The first-order valence-corrected chi connectivity index (χ1v) is 8.43. The summed E-state index contributed by atoms with van der Waals surface area (Å²) in [7, 11) is 0. The third kappa shape index (κ3) is 4.03. The molecule has 0 aliphatic heterocycles. The summed E-state index contributed by atoms with van der Waals surface area (Å²) in [5.41, 5.74) is 2.14. The Hall–Kier alpha value is -1.59. The van der Waals surface area contributed by atoms with Gasteiger partial charge >= 0.3 is 0 Å². The van der Waals surface area contributed by atoms with Gasteiger partial charge in [-0.2, -0.15) is 0 Å². The fourth-order valence-corrected chi connectivity index (χ4v) is 3.17. The summed E-state index contributed by atoms with van der Waals surface area (Å²) >= 11 is 6.09. The average Bonchev–Trinajstić information content (AvgIpc) is 2.88. The Balaban J connectivity index is 1.46. The molecule has 0 unspecified atom stereocenters. The Morgan fingerprint density at radius 3 is 2.74 bits per heavy atom. The van der Waals surface area contributed by atoms with Gasteiger partial charge in [0.05, 0.1) is 5.69 Å². The first kappa shape index (κ1) is 16.3. The zero-order valence-corrected chi connectivity index (χ0v) is 14.3. The Labute approximate surface area is 141 Å². The summed E-state index contributed by atoms with van der Waals surface area (Å²) in [5, 5.41) is 8.17. The van der Waals surface area contributed by atoms with Gasteiger partial charge in [0.15, 0.2) is 0 Å². The molecule has 23 heavy (non-hydrogen) atoms. The molecule has 1 aliphatic carbocycles. The highest BCUT2D eigenvalue weighted by molar-refractivity contribution is 6.31. The minimum Gasteiger partial charge on any atom is -0.473 e. The SMILES string of the molecule is Cc1noc(C)c1CNC1CCC(Oc2ncccc2Cl)CC1. The third-order valence-corrected chi connectivity index (χ3v) is 4.71. The quantitative estimate of drug-likeness (QED) is 0.900. The van der Waals surface area contributed by atoms with Crippen LogP contribution in [0.2, 0.25) is 5.02 Å². The molecule has 5 nitrogen and oxygen atoms in total. The van der Waals surface area contributed by atoms with Crippen LogP contribution < -0.4 is 10.1 Å². The normalized spacial score (nSPS) is 21.3. The van der Waals surface area contributed by atoms with E-state index < -0.39 is 0 Å². The van der Waals surface area contributed by atoms with Crippen molar-refractivity contribution < 1.29 is 9.26 Å². The van der Waals surface area contributed by atoms with Gasteiger partial charge in [-0.25, -0.2) is 4.98 Å². The first-order chi connectivity index (χ1) is 11.1. The topological polar surface area (TPSA) is 60.2 Å². The van der Waals surface area contributed by atoms with Gasteiger partial charge in [-0.05, 0) is 51.7 Å². The highest BCUT2D eigenvalue weighted by Crippen LogP contribution is 2.27. The van der Waals surface area contributed by atoms with E-state index in [2.05, 4.69) is 15.5 Å². The molecule has 124 valence electrons. The van der Waals surface area contributed by atoms with Gasteiger partial charge in [-0.3, -0.25) is 0 Å². The maximum atomic E-state index is 6.09. The van der Waals surface area contributed by atoms with E-state index in [0.29, 0.717) is 16.9 Å². The lowest BCUT2D eigenvalue weighted by molar-refractivity contribution is 0.134. The van der Waals surface area contributed by atoms with Crippen LogP contribution in [0.5, 0.6) is 5.88 Å². The molecule has 1 saturated carbocycles.